The third-order valence-electron chi connectivity index (χ3n) is 1.89. The summed E-state index contributed by atoms with van der Waals surface area (Å²) in [7, 11) is 0. The van der Waals surface area contributed by atoms with Crippen molar-refractivity contribution in [3.05, 3.63) is 23.1 Å². The average Bonchev–Trinajstić information content (AvgIpc) is 2.47. The summed E-state index contributed by atoms with van der Waals surface area (Å²) in [6.45, 7) is -0.00330. The highest BCUT2D eigenvalue weighted by atomic mass is 32.1. The van der Waals surface area contributed by atoms with E-state index in [1.807, 2.05) is 11.4 Å². The van der Waals surface area contributed by atoms with Crippen molar-refractivity contribution in [2.24, 2.45) is 0 Å². The summed E-state index contributed by atoms with van der Waals surface area (Å²) in [5.74, 6) is 0.229. The molecular formula is C9H8O2S2. The topological polar surface area (TPSA) is 40.5 Å². The number of aliphatic hydroxyl groups is 1. The second kappa shape index (κ2) is 3.21. The van der Waals surface area contributed by atoms with E-state index in [0.717, 1.165) is 15.6 Å². The Morgan fingerprint density at radius 3 is 2.85 bits per heavy atom. The number of thiophene rings is 1. The van der Waals surface area contributed by atoms with Gasteiger partial charge in [-0.25, -0.2) is 0 Å². The van der Waals surface area contributed by atoms with Crippen LogP contribution >= 0.6 is 24.0 Å². The SMILES string of the molecule is OCc1csc2c(O)cc(S)cc12. The minimum atomic E-state index is -0.00330. The van der Waals surface area contributed by atoms with Gasteiger partial charge in [0.05, 0.1) is 11.3 Å². The minimum Gasteiger partial charge on any atom is -0.506 e. The molecule has 13 heavy (non-hydrogen) atoms. The molecule has 0 amide bonds. The molecule has 0 aliphatic rings. The first-order chi connectivity index (χ1) is 6.22. The third kappa shape index (κ3) is 1.41. The molecule has 0 bridgehead atoms. The van der Waals surface area contributed by atoms with Gasteiger partial charge in [0.15, 0.2) is 0 Å². The van der Waals surface area contributed by atoms with Crippen LogP contribution < -0.4 is 0 Å². The Hall–Kier alpha value is -0.710. The molecule has 1 heterocycles. The van der Waals surface area contributed by atoms with E-state index in [1.54, 1.807) is 6.07 Å². The van der Waals surface area contributed by atoms with Crippen molar-refractivity contribution < 1.29 is 10.2 Å². The normalized spacial score (nSPS) is 10.9. The van der Waals surface area contributed by atoms with E-state index in [9.17, 15) is 5.11 Å². The van der Waals surface area contributed by atoms with Crippen molar-refractivity contribution in [3.8, 4) is 5.75 Å². The van der Waals surface area contributed by atoms with Gasteiger partial charge in [-0.2, -0.15) is 0 Å². The first-order valence-electron chi connectivity index (χ1n) is 3.75. The Balaban J connectivity index is 2.82. The Bertz CT molecular complexity index is 448. The Kier molecular flexibility index (Phi) is 2.19. The first kappa shape index (κ1) is 8.87. The maximum atomic E-state index is 9.54. The summed E-state index contributed by atoms with van der Waals surface area (Å²) in [4.78, 5) is 0.707. The number of phenolic OH excluding ortho intramolecular Hbond substituents is 1. The van der Waals surface area contributed by atoms with Crippen LogP contribution in [0.15, 0.2) is 22.4 Å². The number of benzene rings is 1. The van der Waals surface area contributed by atoms with Gasteiger partial charge < -0.3 is 10.2 Å². The standard InChI is InChI=1S/C9H8O2S2/c10-3-5-4-13-9-7(5)1-6(12)2-8(9)11/h1-2,4,10-12H,3H2. The van der Waals surface area contributed by atoms with Crippen molar-refractivity contribution in [1.82, 2.24) is 0 Å². The van der Waals surface area contributed by atoms with E-state index < -0.39 is 0 Å². The third-order valence-corrected chi connectivity index (χ3v) is 3.21. The number of thiol groups is 1. The van der Waals surface area contributed by atoms with Gasteiger partial charge in [0, 0.05) is 10.3 Å². The number of hydrogen-bond acceptors (Lipinski definition) is 4. The fourth-order valence-electron chi connectivity index (χ4n) is 1.28. The number of fused-ring (bicyclic) bond motifs is 1. The van der Waals surface area contributed by atoms with Crippen LogP contribution in [-0.2, 0) is 6.61 Å². The van der Waals surface area contributed by atoms with Gasteiger partial charge in [0.1, 0.15) is 5.75 Å². The van der Waals surface area contributed by atoms with Gasteiger partial charge in [-0.05, 0) is 23.1 Å². The second-order valence-corrected chi connectivity index (χ2v) is 4.16. The summed E-state index contributed by atoms with van der Waals surface area (Å²) in [5.41, 5.74) is 0.839. The monoisotopic (exact) mass is 212 g/mol. The molecule has 0 aliphatic heterocycles. The molecule has 0 radical (unpaired) electrons. The van der Waals surface area contributed by atoms with Gasteiger partial charge in [-0.1, -0.05) is 0 Å². The molecule has 0 atom stereocenters. The van der Waals surface area contributed by atoms with Crippen LogP contribution in [0.3, 0.4) is 0 Å². The molecule has 2 N–H and O–H groups in total. The van der Waals surface area contributed by atoms with E-state index in [-0.39, 0.29) is 12.4 Å². The van der Waals surface area contributed by atoms with Crippen LogP contribution in [0, 0.1) is 0 Å². The highest BCUT2D eigenvalue weighted by molar-refractivity contribution is 7.80. The molecule has 0 fully saturated rings. The zero-order chi connectivity index (χ0) is 9.42. The maximum absolute atomic E-state index is 9.54. The van der Waals surface area contributed by atoms with Crippen molar-refractivity contribution in [3.63, 3.8) is 0 Å². The smallest absolute Gasteiger partial charge is 0.134 e. The van der Waals surface area contributed by atoms with Gasteiger partial charge in [-0.15, -0.1) is 24.0 Å². The Morgan fingerprint density at radius 2 is 2.15 bits per heavy atom. The largest absolute Gasteiger partial charge is 0.506 e. The number of phenols is 1. The first-order valence-corrected chi connectivity index (χ1v) is 5.08. The summed E-state index contributed by atoms with van der Waals surface area (Å²) >= 11 is 5.58. The lowest BCUT2D eigenvalue weighted by molar-refractivity contribution is 0.284. The molecule has 2 aromatic rings. The highest BCUT2D eigenvalue weighted by Crippen LogP contribution is 2.35. The molecular weight excluding hydrogens is 204 g/mol. The summed E-state index contributed by atoms with van der Waals surface area (Å²) in [6, 6.07) is 3.45. The van der Waals surface area contributed by atoms with E-state index >= 15 is 0 Å². The predicted molar refractivity (Wildman–Crippen MR) is 56.7 cm³/mol. The molecule has 4 heteroatoms. The molecule has 0 unspecified atom stereocenters. The lowest BCUT2D eigenvalue weighted by atomic mass is 10.2. The molecule has 1 aromatic carbocycles. The number of hydrogen-bond donors (Lipinski definition) is 3. The Labute approximate surface area is 84.9 Å². The van der Waals surface area contributed by atoms with Crippen molar-refractivity contribution >= 4 is 34.1 Å². The van der Waals surface area contributed by atoms with Gasteiger partial charge in [-0.3, -0.25) is 0 Å². The molecule has 0 aliphatic carbocycles. The van der Waals surface area contributed by atoms with Crippen LogP contribution in [-0.4, -0.2) is 10.2 Å². The average molecular weight is 212 g/mol. The fourth-order valence-corrected chi connectivity index (χ4v) is 2.49. The highest BCUT2D eigenvalue weighted by Gasteiger charge is 2.07. The quantitative estimate of drug-likeness (QED) is 0.635. The van der Waals surface area contributed by atoms with Crippen molar-refractivity contribution in [2.45, 2.75) is 11.5 Å². The van der Waals surface area contributed by atoms with Crippen LogP contribution in [0.25, 0.3) is 10.1 Å². The lowest BCUT2D eigenvalue weighted by Crippen LogP contribution is -1.78. The van der Waals surface area contributed by atoms with Gasteiger partial charge >= 0.3 is 0 Å². The van der Waals surface area contributed by atoms with Gasteiger partial charge in [0.2, 0.25) is 0 Å². The van der Waals surface area contributed by atoms with E-state index in [0.29, 0.717) is 4.90 Å². The van der Waals surface area contributed by atoms with Crippen molar-refractivity contribution in [1.29, 1.82) is 0 Å². The van der Waals surface area contributed by atoms with Crippen LogP contribution in [0.4, 0.5) is 0 Å². The number of rotatable bonds is 1. The van der Waals surface area contributed by atoms with Crippen LogP contribution in [0.1, 0.15) is 5.56 Å². The minimum absolute atomic E-state index is 0.00330. The van der Waals surface area contributed by atoms with Gasteiger partial charge in [0.25, 0.3) is 0 Å². The fraction of sp³-hybridized carbons (Fsp3) is 0.111. The van der Waals surface area contributed by atoms with Crippen molar-refractivity contribution in [2.75, 3.05) is 0 Å². The lowest BCUT2D eigenvalue weighted by Gasteiger charge is -1.98. The molecule has 68 valence electrons. The molecule has 0 spiro atoms. The zero-order valence-electron chi connectivity index (χ0n) is 6.69. The van der Waals surface area contributed by atoms with Crippen LogP contribution in [0.2, 0.25) is 0 Å². The Morgan fingerprint density at radius 1 is 1.38 bits per heavy atom. The summed E-state index contributed by atoms with van der Waals surface area (Å²) in [6.07, 6.45) is 0. The zero-order valence-corrected chi connectivity index (χ0v) is 8.40. The van der Waals surface area contributed by atoms with E-state index in [1.165, 1.54) is 11.3 Å². The summed E-state index contributed by atoms with van der Waals surface area (Å²) < 4.78 is 0.807. The molecule has 2 nitrogen and oxygen atoms in total. The molecule has 0 saturated heterocycles. The molecule has 2 rings (SSSR count). The van der Waals surface area contributed by atoms with E-state index in [2.05, 4.69) is 12.6 Å². The maximum Gasteiger partial charge on any atom is 0.134 e. The number of aliphatic hydroxyl groups excluding tert-OH is 1. The summed E-state index contributed by atoms with van der Waals surface area (Å²) in [5, 5.41) is 21.3. The van der Waals surface area contributed by atoms with E-state index in [4.69, 9.17) is 5.11 Å². The molecule has 1 aromatic heterocycles. The van der Waals surface area contributed by atoms with Crippen LogP contribution in [0.5, 0.6) is 5.75 Å². The number of aromatic hydroxyl groups is 1. The molecule has 0 saturated carbocycles. The predicted octanol–water partition coefficient (Wildman–Crippen LogP) is 2.39. The second-order valence-electron chi connectivity index (χ2n) is 2.76.